The normalized spacial score (nSPS) is 22.8. The maximum Gasteiger partial charge on any atom is 0.338 e. The van der Waals surface area contributed by atoms with Gasteiger partial charge in [-0.15, -0.1) is 0 Å². The van der Waals surface area contributed by atoms with Crippen LogP contribution < -0.4 is 4.74 Å². The summed E-state index contributed by atoms with van der Waals surface area (Å²) in [6, 6.07) is 22.2. The molecule has 1 fully saturated rings. The van der Waals surface area contributed by atoms with Gasteiger partial charge in [-0.3, -0.25) is 0 Å². The Hall–Kier alpha value is -3.60. The first-order valence-electron chi connectivity index (χ1n) is 10.8. The molecule has 0 aliphatic heterocycles. The zero-order valence-electron chi connectivity index (χ0n) is 18.0. The Morgan fingerprint density at radius 2 is 1.19 bits per heavy atom. The van der Waals surface area contributed by atoms with E-state index in [2.05, 4.69) is 12.1 Å². The summed E-state index contributed by atoms with van der Waals surface area (Å²) in [6.45, 7) is 1.97. The topological polar surface area (TPSA) is 61.8 Å². The second kappa shape index (κ2) is 8.15. The second-order valence-electron chi connectivity index (χ2n) is 8.41. The van der Waals surface area contributed by atoms with Gasteiger partial charge in [-0.1, -0.05) is 42.0 Å². The lowest BCUT2D eigenvalue weighted by Gasteiger charge is -2.32. The molecule has 5 rings (SSSR count). The second-order valence-corrected chi connectivity index (χ2v) is 8.41. The van der Waals surface area contributed by atoms with Crippen LogP contribution in [0, 0.1) is 6.92 Å². The zero-order chi connectivity index (χ0) is 22.2. The van der Waals surface area contributed by atoms with Crippen molar-refractivity contribution in [3.8, 4) is 5.75 Å². The van der Waals surface area contributed by atoms with Gasteiger partial charge in [0.1, 0.15) is 18.0 Å². The smallest absolute Gasteiger partial charge is 0.338 e. The maximum atomic E-state index is 12.9. The Morgan fingerprint density at radius 3 is 1.66 bits per heavy atom. The highest BCUT2D eigenvalue weighted by Gasteiger charge is 2.55. The van der Waals surface area contributed by atoms with Gasteiger partial charge in [-0.2, -0.15) is 0 Å². The van der Waals surface area contributed by atoms with Crippen LogP contribution in [0.4, 0.5) is 0 Å². The fraction of sp³-hybridized carbons (Fsp3) is 0.259. The van der Waals surface area contributed by atoms with Crippen molar-refractivity contribution in [1.29, 1.82) is 0 Å². The van der Waals surface area contributed by atoms with Crippen LogP contribution in [-0.4, -0.2) is 31.3 Å². The third-order valence-electron chi connectivity index (χ3n) is 6.52. The van der Waals surface area contributed by atoms with E-state index in [1.165, 1.54) is 11.1 Å². The first-order valence-corrected chi connectivity index (χ1v) is 10.8. The quantitative estimate of drug-likeness (QED) is 0.533. The summed E-state index contributed by atoms with van der Waals surface area (Å²) < 4.78 is 17.1. The molecular formula is C27H24O5. The van der Waals surface area contributed by atoms with Crippen molar-refractivity contribution in [2.24, 2.45) is 0 Å². The Balaban J connectivity index is 1.41. The largest absolute Gasteiger partial charge is 0.497 e. The number of fused-ring (bicyclic) bond motifs is 5. The van der Waals surface area contributed by atoms with Crippen molar-refractivity contribution in [3.63, 3.8) is 0 Å². The van der Waals surface area contributed by atoms with Crippen molar-refractivity contribution in [1.82, 2.24) is 0 Å². The van der Waals surface area contributed by atoms with Gasteiger partial charge in [0.25, 0.3) is 0 Å². The van der Waals surface area contributed by atoms with Gasteiger partial charge in [0.2, 0.25) is 0 Å². The SMILES string of the molecule is COc1ccc(C(=O)O[C@H]2[C@@H](OC(=O)c3ccc(C)cc3)[C@H]3C[C@@H]2c2ccccc23)cc1. The molecule has 0 N–H and O–H groups in total. The fourth-order valence-electron chi connectivity index (χ4n) is 4.89. The lowest BCUT2D eigenvalue weighted by Crippen LogP contribution is -2.39. The molecule has 3 aromatic carbocycles. The Morgan fingerprint density at radius 1 is 0.719 bits per heavy atom. The number of carbonyl (C=O) groups excluding carboxylic acids is 2. The van der Waals surface area contributed by atoms with Gasteiger partial charge in [0.05, 0.1) is 18.2 Å². The van der Waals surface area contributed by atoms with E-state index in [1.807, 2.05) is 31.2 Å². The molecule has 3 aromatic rings. The predicted octanol–water partition coefficient (Wildman–Crippen LogP) is 5.04. The first kappa shape index (κ1) is 20.3. The van der Waals surface area contributed by atoms with Crippen molar-refractivity contribution in [2.75, 3.05) is 7.11 Å². The van der Waals surface area contributed by atoms with E-state index in [0.29, 0.717) is 16.9 Å². The summed E-state index contributed by atoms with van der Waals surface area (Å²) in [4.78, 5) is 25.8. The van der Waals surface area contributed by atoms with E-state index < -0.39 is 24.1 Å². The number of carbonyl (C=O) groups is 2. The van der Waals surface area contributed by atoms with E-state index in [-0.39, 0.29) is 11.8 Å². The zero-order valence-corrected chi connectivity index (χ0v) is 18.0. The van der Waals surface area contributed by atoms with Crippen LogP contribution in [-0.2, 0) is 9.47 Å². The molecule has 0 spiro atoms. The number of hydrogen-bond donors (Lipinski definition) is 0. The average Bonchev–Trinajstić information content (AvgIpc) is 3.36. The predicted molar refractivity (Wildman–Crippen MR) is 119 cm³/mol. The summed E-state index contributed by atoms with van der Waals surface area (Å²) in [7, 11) is 1.58. The third kappa shape index (κ3) is 3.54. The van der Waals surface area contributed by atoms with Crippen LogP contribution in [0.25, 0.3) is 0 Å². The number of benzene rings is 3. The van der Waals surface area contributed by atoms with Crippen LogP contribution in [0.5, 0.6) is 5.75 Å². The molecule has 4 atom stereocenters. The van der Waals surface area contributed by atoms with E-state index >= 15 is 0 Å². The van der Waals surface area contributed by atoms with Crippen molar-refractivity contribution < 1.29 is 23.8 Å². The Labute approximate surface area is 186 Å². The lowest BCUT2D eigenvalue weighted by molar-refractivity contribution is -0.0348. The van der Waals surface area contributed by atoms with Gasteiger partial charge in [-0.05, 0) is 60.9 Å². The van der Waals surface area contributed by atoms with Gasteiger partial charge < -0.3 is 14.2 Å². The van der Waals surface area contributed by atoms with Crippen LogP contribution >= 0.6 is 0 Å². The summed E-state index contributed by atoms with van der Waals surface area (Å²) in [5.74, 6) is -0.140. The van der Waals surface area contributed by atoms with Gasteiger partial charge in [0, 0.05) is 11.8 Å². The van der Waals surface area contributed by atoms with Crippen LogP contribution in [0.1, 0.15) is 55.7 Å². The molecule has 0 amide bonds. The maximum absolute atomic E-state index is 12.9. The summed E-state index contributed by atoms with van der Waals surface area (Å²) in [5.41, 5.74) is 4.35. The lowest BCUT2D eigenvalue weighted by atomic mass is 9.87. The molecule has 2 aliphatic carbocycles. The number of rotatable bonds is 5. The molecule has 1 saturated carbocycles. The summed E-state index contributed by atoms with van der Waals surface area (Å²) in [5, 5.41) is 0. The van der Waals surface area contributed by atoms with Gasteiger partial charge >= 0.3 is 11.9 Å². The van der Waals surface area contributed by atoms with E-state index in [9.17, 15) is 9.59 Å². The molecule has 2 aliphatic rings. The Kier molecular flexibility index (Phi) is 5.17. The summed E-state index contributed by atoms with van der Waals surface area (Å²) >= 11 is 0. The van der Waals surface area contributed by atoms with Crippen molar-refractivity contribution >= 4 is 11.9 Å². The van der Waals surface area contributed by atoms with Crippen LogP contribution in [0.2, 0.25) is 0 Å². The number of methoxy groups -OCH3 is 1. The van der Waals surface area contributed by atoms with Crippen molar-refractivity contribution in [2.45, 2.75) is 37.4 Å². The average molecular weight is 428 g/mol. The number of hydrogen-bond acceptors (Lipinski definition) is 5. The molecule has 0 saturated heterocycles. The number of aryl methyl sites for hydroxylation is 1. The highest BCUT2D eigenvalue weighted by Crippen LogP contribution is 2.55. The highest BCUT2D eigenvalue weighted by atomic mass is 16.6. The molecule has 0 radical (unpaired) electrons. The number of ether oxygens (including phenoxy) is 3. The Bertz CT molecular complexity index is 1150. The van der Waals surface area contributed by atoms with Gasteiger partial charge in [-0.25, -0.2) is 9.59 Å². The molecule has 5 heteroatoms. The standard InChI is InChI=1S/C27H24O5/c1-16-7-9-17(10-8-16)26(28)31-24-22-15-23(21-6-4-3-5-20(21)22)25(24)32-27(29)18-11-13-19(30-2)14-12-18/h3-14,22-25H,15H2,1-2H3/t22-,23+,24-,25+/m0/s1. The highest BCUT2D eigenvalue weighted by molar-refractivity contribution is 5.90. The van der Waals surface area contributed by atoms with Crippen molar-refractivity contribution in [3.05, 3.63) is 101 Å². The third-order valence-corrected chi connectivity index (χ3v) is 6.52. The fourth-order valence-corrected chi connectivity index (χ4v) is 4.89. The molecule has 2 bridgehead atoms. The van der Waals surface area contributed by atoms with E-state index in [4.69, 9.17) is 14.2 Å². The molecule has 32 heavy (non-hydrogen) atoms. The minimum absolute atomic E-state index is 0.00853. The molecule has 0 unspecified atom stereocenters. The molecule has 162 valence electrons. The summed E-state index contributed by atoms with van der Waals surface area (Å²) in [6.07, 6.45) is -0.254. The molecule has 5 nitrogen and oxygen atoms in total. The minimum atomic E-state index is -0.529. The first-order chi connectivity index (χ1) is 15.5. The monoisotopic (exact) mass is 428 g/mol. The molecule has 0 heterocycles. The minimum Gasteiger partial charge on any atom is -0.497 e. The van der Waals surface area contributed by atoms with Crippen LogP contribution in [0.3, 0.4) is 0 Å². The van der Waals surface area contributed by atoms with E-state index in [1.54, 1.807) is 43.5 Å². The van der Waals surface area contributed by atoms with E-state index in [0.717, 1.165) is 12.0 Å². The number of esters is 2. The van der Waals surface area contributed by atoms with Gasteiger partial charge in [0.15, 0.2) is 0 Å². The molecule has 0 aromatic heterocycles. The molecular weight excluding hydrogens is 404 g/mol. The van der Waals surface area contributed by atoms with Crippen LogP contribution in [0.15, 0.2) is 72.8 Å².